The van der Waals surface area contributed by atoms with Crippen molar-refractivity contribution in [3.05, 3.63) is 40.9 Å². The predicted octanol–water partition coefficient (Wildman–Crippen LogP) is 3.87. The highest BCUT2D eigenvalue weighted by Gasteiger charge is 2.10. The van der Waals surface area contributed by atoms with Gasteiger partial charge in [0.1, 0.15) is 0 Å². The molecule has 17 heavy (non-hydrogen) atoms. The van der Waals surface area contributed by atoms with Crippen molar-refractivity contribution in [2.45, 2.75) is 25.8 Å². The number of hydrogen-bond acceptors (Lipinski definition) is 2. The van der Waals surface area contributed by atoms with Gasteiger partial charge in [0.25, 0.3) is 0 Å². The molecule has 2 nitrogen and oxygen atoms in total. The summed E-state index contributed by atoms with van der Waals surface area (Å²) in [5.41, 5.74) is 8.40. The average molecular weight is 297 g/mol. The van der Waals surface area contributed by atoms with E-state index in [1.165, 1.54) is 11.3 Å². The van der Waals surface area contributed by atoms with E-state index in [0.717, 1.165) is 23.9 Å². The van der Waals surface area contributed by atoms with Crippen LogP contribution in [0.4, 0.5) is 5.69 Å². The van der Waals surface area contributed by atoms with E-state index < -0.39 is 0 Å². The molecule has 0 saturated carbocycles. The van der Waals surface area contributed by atoms with E-state index >= 15 is 0 Å². The van der Waals surface area contributed by atoms with E-state index in [0.29, 0.717) is 0 Å². The third-order valence-electron chi connectivity index (χ3n) is 2.80. The van der Waals surface area contributed by atoms with E-state index in [9.17, 15) is 0 Å². The summed E-state index contributed by atoms with van der Waals surface area (Å²) in [4.78, 5) is 2.26. The molecule has 0 fully saturated rings. The molecule has 0 saturated heterocycles. The normalized spacial score (nSPS) is 12.2. The first-order valence-corrected chi connectivity index (χ1v) is 6.72. The zero-order valence-electron chi connectivity index (χ0n) is 10.6. The Morgan fingerprint density at radius 1 is 1.53 bits per heavy atom. The highest BCUT2D eigenvalue weighted by Crippen LogP contribution is 2.28. The number of halogens is 1. The Hall–Kier alpha value is -0.800. The van der Waals surface area contributed by atoms with Crippen molar-refractivity contribution in [2.24, 2.45) is 5.73 Å². The number of allylic oxidation sites excluding steroid dienone is 1. The molecule has 0 aliphatic heterocycles. The van der Waals surface area contributed by atoms with Gasteiger partial charge >= 0.3 is 0 Å². The first kappa shape index (κ1) is 14.3. The number of benzene rings is 1. The molecule has 94 valence electrons. The number of unbranched alkanes of at least 4 members (excludes halogenated alkanes) is 1. The summed E-state index contributed by atoms with van der Waals surface area (Å²) in [5, 5.41) is 0. The molecule has 0 aliphatic carbocycles. The molecule has 3 heteroatoms. The molecule has 0 bridgehead atoms. The van der Waals surface area contributed by atoms with Crippen LogP contribution in [0.25, 0.3) is 0 Å². The van der Waals surface area contributed by atoms with E-state index in [2.05, 4.69) is 46.6 Å². The standard InChI is InChI=1S/C14H21BrN2/c1-4-5-6-9-17(3)14-10-12(15)7-8-13(14)11(2)16/h4,7-8,10-11H,1,5-6,9,16H2,2-3H3. The van der Waals surface area contributed by atoms with Gasteiger partial charge < -0.3 is 10.6 Å². The van der Waals surface area contributed by atoms with Crippen molar-refractivity contribution in [3.8, 4) is 0 Å². The van der Waals surface area contributed by atoms with Gasteiger partial charge in [-0.3, -0.25) is 0 Å². The summed E-state index contributed by atoms with van der Waals surface area (Å²) in [6.45, 7) is 6.78. The fourth-order valence-electron chi connectivity index (χ4n) is 1.83. The van der Waals surface area contributed by atoms with E-state index in [-0.39, 0.29) is 6.04 Å². The molecule has 2 N–H and O–H groups in total. The van der Waals surface area contributed by atoms with Crippen LogP contribution >= 0.6 is 15.9 Å². The van der Waals surface area contributed by atoms with Gasteiger partial charge in [-0.2, -0.15) is 0 Å². The van der Waals surface area contributed by atoms with Crippen molar-refractivity contribution in [2.75, 3.05) is 18.5 Å². The third-order valence-corrected chi connectivity index (χ3v) is 3.29. The van der Waals surface area contributed by atoms with Crippen LogP contribution in [-0.2, 0) is 0 Å². The van der Waals surface area contributed by atoms with Gasteiger partial charge in [-0.15, -0.1) is 6.58 Å². The van der Waals surface area contributed by atoms with Crippen LogP contribution in [0, 0.1) is 0 Å². The van der Waals surface area contributed by atoms with Gasteiger partial charge in [0.05, 0.1) is 0 Å². The topological polar surface area (TPSA) is 29.3 Å². The van der Waals surface area contributed by atoms with Crippen LogP contribution in [0.1, 0.15) is 31.4 Å². The number of nitrogens with two attached hydrogens (primary N) is 1. The Bertz CT molecular complexity index is 374. The minimum atomic E-state index is 0.0555. The highest BCUT2D eigenvalue weighted by atomic mass is 79.9. The Labute approximate surface area is 113 Å². The smallest absolute Gasteiger partial charge is 0.0423 e. The van der Waals surface area contributed by atoms with Gasteiger partial charge in [0, 0.05) is 29.8 Å². The molecule has 0 spiro atoms. The number of anilines is 1. The van der Waals surface area contributed by atoms with Crippen LogP contribution in [0.2, 0.25) is 0 Å². The molecule has 1 unspecified atom stereocenters. The van der Waals surface area contributed by atoms with Crippen molar-refractivity contribution in [3.63, 3.8) is 0 Å². The fraction of sp³-hybridized carbons (Fsp3) is 0.429. The molecule has 0 radical (unpaired) electrons. The fourth-order valence-corrected chi connectivity index (χ4v) is 2.17. The van der Waals surface area contributed by atoms with Crippen LogP contribution in [0.3, 0.4) is 0 Å². The summed E-state index contributed by atoms with van der Waals surface area (Å²) in [5.74, 6) is 0. The molecule has 1 aromatic rings. The monoisotopic (exact) mass is 296 g/mol. The Morgan fingerprint density at radius 2 is 2.24 bits per heavy atom. The van der Waals surface area contributed by atoms with Crippen molar-refractivity contribution >= 4 is 21.6 Å². The van der Waals surface area contributed by atoms with Crippen molar-refractivity contribution < 1.29 is 0 Å². The Morgan fingerprint density at radius 3 is 2.82 bits per heavy atom. The SMILES string of the molecule is C=CCCCN(C)c1cc(Br)ccc1C(C)N. The van der Waals surface area contributed by atoms with Crippen LogP contribution in [0.15, 0.2) is 35.3 Å². The molecule has 0 aromatic heterocycles. The summed E-state index contributed by atoms with van der Waals surface area (Å²) in [7, 11) is 2.11. The van der Waals surface area contributed by atoms with Gasteiger partial charge in [-0.05, 0) is 37.5 Å². The maximum atomic E-state index is 6.00. The number of nitrogens with zero attached hydrogens (tertiary/aromatic N) is 1. The molecular weight excluding hydrogens is 276 g/mol. The summed E-state index contributed by atoms with van der Waals surface area (Å²) in [6.07, 6.45) is 4.12. The van der Waals surface area contributed by atoms with Gasteiger partial charge in [0.15, 0.2) is 0 Å². The lowest BCUT2D eigenvalue weighted by atomic mass is 10.1. The second-order valence-electron chi connectivity index (χ2n) is 4.34. The van der Waals surface area contributed by atoms with Gasteiger partial charge in [-0.1, -0.05) is 28.1 Å². The minimum Gasteiger partial charge on any atom is -0.374 e. The molecule has 0 heterocycles. The van der Waals surface area contributed by atoms with Crippen LogP contribution < -0.4 is 10.6 Å². The zero-order chi connectivity index (χ0) is 12.8. The first-order valence-electron chi connectivity index (χ1n) is 5.93. The van der Waals surface area contributed by atoms with Crippen molar-refractivity contribution in [1.82, 2.24) is 0 Å². The average Bonchev–Trinajstić information content (AvgIpc) is 2.28. The lowest BCUT2D eigenvalue weighted by Gasteiger charge is -2.24. The molecule has 0 amide bonds. The summed E-state index contributed by atoms with van der Waals surface area (Å²) >= 11 is 3.51. The van der Waals surface area contributed by atoms with Crippen molar-refractivity contribution in [1.29, 1.82) is 0 Å². The minimum absolute atomic E-state index is 0.0555. The zero-order valence-corrected chi connectivity index (χ0v) is 12.2. The van der Waals surface area contributed by atoms with Crippen LogP contribution in [-0.4, -0.2) is 13.6 Å². The van der Waals surface area contributed by atoms with E-state index in [4.69, 9.17) is 5.73 Å². The van der Waals surface area contributed by atoms with Crippen LogP contribution in [0.5, 0.6) is 0 Å². The van der Waals surface area contributed by atoms with E-state index in [1.807, 2.05) is 19.1 Å². The second kappa shape index (κ2) is 6.82. The molecular formula is C14H21BrN2. The molecule has 1 aromatic carbocycles. The largest absolute Gasteiger partial charge is 0.374 e. The third kappa shape index (κ3) is 4.17. The Balaban J connectivity index is 2.86. The first-order chi connectivity index (χ1) is 8.06. The quantitative estimate of drug-likeness (QED) is 0.638. The highest BCUT2D eigenvalue weighted by molar-refractivity contribution is 9.10. The lowest BCUT2D eigenvalue weighted by Crippen LogP contribution is -2.21. The molecule has 1 rings (SSSR count). The van der Waals surface area contributed by atoms with E-state index in [1.54, 1.807) is 0 Å². The molecule has 0 aliphatic rings. The summed E-state index contributed by atoms with van der Waals surface area (Å²) in [6, 6.07) is 6.32. The van der Waals surface area contributed by atoms with Gasteiger partial charge in [-0.25, -0.2) is 0 Å². The maximum Gasteiger partial charge on any atom is 0.0423 e. The second-order valence-corrected chi connectivity index (χ2v) is 5.26. The number of rotatable bonds is 6. The summed E-state index contributed by atoms with van der Waals surface area (Å²) < 4.78 is 1.09. The Kier molecular flexibility index (Phi) is 5.72. The van der Waals surface area contributed by atoms with Gasteiger partial charge in [0.2, 0.25) is 0 Å². The predicted molar refractivity (Wildman–Crippen MR) is 79.4 cm³/mol. The lowest BCUT2D eigenvalue weighted by molar-refractivity contribution is 0.772. The number of hydrogen-bond donors (Lipinski definition) is 1. The molecule has 1 atom stereocenters. The maximum absolute atomic E-state index is 6.00.